The Hall–Kier alpha value is -2.83. The number of aromatic nitrogens is 1. The Bertz CT molecular complexity index is 1060. The fourth-order valence-corrected chi connectivity index (χ4v) is 4.53. The molecule has 8 nitrogen and oxygen atoms in total. The standard InChI is InChI=1S/C18H18F3N3O5S/c19-18(20,21)28-14-2-4-15(5-3-14)30(26,27)24-9-7-12(8-10-24)17(29-22)13-1-6-16(25)23-11-13/h1-6,11H,7-10,22H2,(H,23,25). The minimum atomic E-state index is -4.86. The molecule has 1 aromatic heterocycles. The fourth-order valence-electron chi connectivity index (χ4n) is 3.09. The van der Waals surface area contributed by atoms with Gasteiger partial charge in [0.1, 0.15) is 5.75 Å². The predicted octanol–water partition coefficient (Wildman–Crippen LogP) is 2.36. The van der Waals surface area contributed by atoms with E-state index in [0.717, 1.165) is 29.8 Å². The molecule has 2 heterocycles. The second-order valence-electron chi connectivity index (χ2n) is 6.42. The number of pyridine rings is 1. The van der Waals surface area contributed by atoms with Crippen LogP contribution in [0.4, 0.5) is 13.2 Å². The molecule has 0 radical (unpaired) electrons. The zero-order chi connectivity index (χ0) is 21.9. The van der Waals surface area contributed by atoms with Crippen molar-refractivity contribution in [2.75, 3.05) is 13.1 Å². The van der Waals surface area contributed by atoms with Crippen molar-refractivity contribution in [1.82, 2.24) is 9.29 Å². The minimum Gasteiger partial charge on any atom is -0.411 e. The van der Waals surface area contributed by atoms with E-state index in [1.165, 1.54) is 16.6 Å². The number of rotatable bonds is 5. The summed E-state index contributed by atoms with van der Waals surface area (Å²) in [5.41, 5.74) is 1.06. The highest BCUT2D eigenvalue weighted by Gasteiger charge is 2.32. The first-order valence-electron chi connectivity index (χ1n) is 8.74. The van der Waals surface area contributed by atoms with Gasteiger partial charge in [-0.25, -0.2) is 8.42 Å². The van der Waals surface area contributed by atoms with Crippen molar-refractivity contribution in [3.05, 3.63) is 64.1 Å². The molecule has 0 saturated carbocycles. The van der Waals surface area contributed by atoms with E-state index < -0.39 is 22.1 Å². The van der Waals surface area contributed by atoms with E-state index in [2.05, 4.69) is 9.72 Å². The number of halogens is 3. The zero-order valence-electron chi connectivity index (χ0n) is 15.5. The smallest absolute Gasteiger partial charge is 0.411 e. The van der Waals surface area contributed by atoms with Gasteiger partial charge in [0.05, 0.1) is 4.90 Å². The van der Waals surface area contributed by atoms with Crippen LogP contribution in [-0.2, 0) is 14.9 Å². The van der Waals surface area contributed by atoms with Gasteiger partial charge in [-0.3, -0.25) is 4.79 Å². The molecule has 0 unspecified atom stereocenters. The number of H-pyrrole nitrogens is 1. The molecular weight excluding hydrogens is 427 g/mol. The summed E-state index contributed by atoms with van der Waals surface area (Å²) in [6, 6.07) is 6.90. The lowest BCUT2D eigenvalue weighted by molar-refractivity contribution is -0.274. The summed E-state index contributed by atoms with van der Waals surface area (Å²) in [6.45, 7) is 0.267. The van der Waals surface area contributed by atoms with E-state index >= 15 is 0 Å². The number of nitrogens with zero attached hydrogens (tertiary/aromatic N) is 1. The van der Waals surface area contributed by atoms with Gasteiger partial charge >= 0.3 is 6.36 Å². The second kappa shape index (κ2) is 8.50. The molecular formula is C18H18F3N3O5S. The fraction of sp³-hybridized carbons (Fsp3) is 0.278. The maximum absolute atomic E-state index is 12.8. The van der Waals surface area contributed by atoms with Crippen molar-refractivity contribution in [1.29, 1.82) is 0 Å². The molecule has 0 amide bonds. The van der Waals surface area contributed by atoms with Crippen LogP contribution < -0.4 is 16.2 Å². The molecule has 0 atom stereocenters. The van der Waals surface area contributed by atoms with Crippen LogP contribution in [0.25, 0.3) is 5.76 Å². The lowest BCUT2D eigenvalue weighted by atomic mass is 10.0. The molecule has 1 aliphatic rings. The zero-order valence-corrected chi connectivity index (χ0v) is 16.3. The Kier molecular flexibility index (Phi) is 6.19. The van der Waals surface area contributed by atoms with E-state index in [0.29, 0.717) is 24.2 Å². The Balaban J connectivity index is 1.74. The van der Waals surface area contributed by atoms with E-state index in [-0.39, 0.29) is 23.5 Å². The molecule has 1 aromatic carbocycles. The average molecular weight is 445 g/mol. The molecule has 0 aliphatic carbocycles. The second-order valence-corrected chi connectivity index (χ2v) is 8.35. The monoisotopic (exact) mass is 445 g/mol. The van der Waals surface area contributed by atoms with Gasteiger partial charge in [-0.15, -0.1) is 13.2 Å². The van der Waals surface area contributed by atoms with E-state index in [9.17, 15) is 26.4 Å². The molecule has 2 aromatic rings. The molecule has 12 heteroatoms. The third-order valence-corrected chi connectivity index (χ3v) is 6.42. The molecule has 1 fully saturated rings. The average Bonchev–Trinajstić information content (AvgIpc) is 2.69. The van der Waals surface area contributed by atoms with Crippen LogP contribution in [0.2, 0.25) is 0 Å². The van der Waals surface area contributed by atoms with Gasteiger partial charge in [0.15, 0.2) is 5.76 Å². The molecule has 3 rings (SSSR count). The number of aromatic amines is 1. The summed E-state index contributed by atoms with van der Waals surface area (Å²) >= 11 is 0. The highest BCUT2D eigenvalue weighted by atomic mass is 32.2. The Morgan fingerprint density at radius 2 is 1.70 bits per heavy atom. The van der Waals surface area contributed by atoms with E-state index in [1.54, 1.807) is 6.07 Å². The van der Waals surface area contributed by atoms with Crippen molar-refractivity contribution < 1.29 is 31.2 Å². The molecule has 3 N–H and O–H groups in total. The molecule has 30 heavy (non-hydrogen) atoms. The summed E-state index contributed by atoms with van der Waals surface area (Å²) in [4.78, 5) is 18.5. The number of alkyl halides is 3. The highest BCUT2D eigenvalue weighted by Crippen LogP contribution is 2.30. The number of nitrogens with two attached hydrogens (primary N) is 1. The topological polar surface area (TPSA) is 115 Å². The van der Waals surface area contributed by atoms with Crippen LogP contribution in [0.3, 0.4) is 0 Å². The van der Waals surface area contributed by atoms with Crippen LogP contribution in [0.15, 0.2) is 57.9 Å². The highest BCUT2D eigenvalue weighted by molar-refractivity contribution is 7.89. The number of hydrogen-bond donors (Lipinski definition) is 2. The lowest BCUT2D eigenvalue weighted by Gasteiger charge is -2.28. The van der Waals surface area contributed by atoms with Crippen LogP contribution in [0, 0.1) is 0 Å². The molecule has 0 bridgehead atoms. The number of ether oxygens (including phenoxy) is 1. The van der Waals surface area contributed by atoms with Crippen LogP contribution >= 0.6 is 0 Å². The SMILES string of the molecule is NOC(=C1CCN(S(=O)(=O)c2ccc(OC(F)(F)F)cc2)CC1)c1ccc(=O)[nH]c1. The number of piperidine rings is 1. The Labute approximate surface area is 169 Å². The first-order valence-corrected chi connectivity index (χ1v) is 10.2. The number of nitrogens with one attached hydrogen (secondary N) is 1. The van der Waals surface area contributed by atoms with Crippen molar-refractivity contribution in [3.63, 3.8) is 0 Å². The summed E-state index contributed by atoms with van der Waals surface area (Å²) in [6.07, 6.45) is -2.74. The molecule has 1 saturated heterocycles. The third kappa shape index (κ3) is 5.01. The first kappa shape index (κ1) is 21.9. The largest absolute Gasteiger partial charge is 0.573 e. The summed E-state index contributed by atoms with van der Waals surface area (Å²) in [7, 11) is -3.89. The van der Waals surface area contributed by atoms with Crippen LogP contribution in [0.1, 0.15) is 18.4 Å². The normalized spacial score (nSPS) is 15.7. The maximum atomic E-state index is 12.8. The van der Waals surface area contributed by atoms with Gasteiger partial charge in [0.25, 0.3) is 0 Å². The lowest BCUT2D eigenvalue weighted by Crippen LogP contribution is -2.36. The summed E-state index contributed by atoms with van der Waals surface area (Å²) in [5, 5.41) is 0. The number of sulfonamides is 1. The van der Waals surface area contributed by atoms with Crippen LogP contribution in [-0.4, -0.2) is 37.2 Å². The van der Waals surface area contributed by atoms with Crippen molar-refractivity contribution in [2.45, 2.75) is 24.1 Å². The molecule has 1 aliphatic heterocycles. The third-order valence-electron chi connectivity index (χ3n) is 4.51. The van der Waals surface area contributed by atoms with Crippen LogP contribution in [0.5, 0.6) is 5.75 Å². The Morgan fingerprint density at radius 3 is 2.20 bits per heavy atom. The van der Waals surface area contributed by atoms with E-state index in [4.69, 9.17) is 10.7 Å². The number of hydrogen-bond acceptors (Lipinski definition) is 6. The number of benzene rings is 1. The van der Waals surface area contributed by atoms with Crippen molar-refractivity contribution in [3.8, 4) is 5.75 Å². The van der Waals surface area contributed by atoms with Gasteiger partial charge in [-0.05, 0) is 48.7 Å². The quantitative estimate of drug-likeness (QED) is 0.539. The maximum Gasteiger partial charge on any atom is 0.573 e. The Morgan fingerprint density at radius 1 is 1.07 bits per heavy atom. The van der Waals surface area contributed by atoms with Crippen molar-refractivity contribution >= 4 is 15.8 Å². The van der Waals surface area contributed by atoms with Gasteiger partial charge in [-0.1, -0.05) is 0 Å². The van der Waals surface area contributed by atoms with Gasteiger partial charge in [0.2, 0.25) is 15.6 Å². The van der Waals surface area contributed by atoms with Gasteiger partial charge in [-0.2, -0.15) is 10.2 Å². The van der Waals surface area contributed by atoms with E-state index in [1.807, 2.05) is 0 Å². The van der Waals surface area contributed by atoms with Crippen molar-refractivity contribution in [2.24, 2.45) is 5.90 Å². The first-order chi connectivity index (χ1) is 14.1. The summed E-state index contributed by atoms with van der Waals surface area (Å²) < 4.78 is 67.3. The van der Waals surface area contributed by atoms with Gasteiger partial charge < -0.3 is 14.6 Å². The predicted molar refractivity (Wildman–Crippen MR) is 100 cm³/mol. The minimum absolute atomic E-state index is 0.134. The molecule has 0 spiro atoms. The van der Waals surface area contributed by atoms with Gasteiger partial charge in [0, 0.05) is 30.9 Å². The summed E-state index contributed by atoms with van der Waals surface area (Å²) in [5.74, 6) is 5.22. The molecule has 162 valence electrons.